The Morgan fingerprint density at radius 3 is 2.76 bits per heavy atom. The number of ether oxygens (including phenoxy) is 1. The first kappa shape index (κ1) is 12.3. The van der Waals surface area contributed by atoms with E-state index >= 15 is 0 Å². The maximum absolute atomic E-state index is 12.7. The smallest absolute Gasteiger partial charge is 0.241 e. The first-order chi connectivity index (χ1) is 10.1. The highest BCUT2D eigenvalue weighted by molar-refractivity contribution is 6.23. The van der Waals surface area contributed by atoms with Crippen molar-refractivity contribution in [2.75, 3.05) is 4.90 Å². The number of rotatable bonds is 1. The number of anilines is 1. The Labute approximate surface area is 121 Å². The van der Waals surface area contributed by atoms with Crippen molar-refractivity contribution in [1.82, 2.24) is 0 Å². The molecular formula is C16H12N2O3. The average molecular weight is 280 g/mol. The zero-order valence-corrected chi connectivity index (χ0v) is 11.3. The van der Waals surface area contributed by atoms with Crippen molar-refractivity contribution in [2.45, 2.75) is 18.6 Å². The van der Waals surface area contributed by atoms with Crippen LogP contribution in [0.3, 0.4) is 0 Å². The molecule has 0 unspecified atom stereocenters. The summed E-state index contributed by atoms with van der Waals surface area (Å²) in [4.78, 5) is 26.6. The van der Waals surface area contributed by atoms with Gasteiger partial charge in [-0.25, -0.2) is 4.90 Å². The van der Waals surface area contributed by atoms with Crippen molar-refractivity contribution in [3.63, 3.8) is 0 Å². The Morgan fingerprint density at radius 1 is 1.29 bits per heavy atom. The zero-order chi connectivity index (χ0) is 14.8. The number of benzene rings is 1. The van der Waals surface area contributed by atoms with Gasteiger partial charge in [0.05, 0.1) is 34.8 Å². The van der Waals surface area contributed by atoms with Crippen LogP contribution in [0.2, 0.25) is 0 Å². The van der Waals surface area contributed by atoms with Gasteiger partial charge in [-0.2, -0.15) is 5.26 Å². The van der Waals surface area contributed by atoms with Crippen molar-refractivity contribution in [3.05, 3.63) is 42.0 Å². The molecule has 2 saturated heterocycles. The van der Waals surface area contributed by atoms with Crippen LogP contribution < -0.4 is 4.90 Å². The Morgan fingerprint density at radius 2 is 2.05 bits per heavy atom. The SMILES string of the molecule is C[C@]12C=C[C@H](O1)[C@@H]1C(=O)N(c3ccccc3C#N)C(=O)[C@@H]12. The molecule has 3 aliphatic heterocycles. The maximum atomic E-state index is 12.7. The molecule has 1 aromatic rings. The summed E-state index contributed by atoms with van der Waals surface area (Å²) in [5.41, 5.74) is -0.0174. The lowest BCUT2D eigenvalue weighted by Crippen LogP contribution is -2.38. The van der Waals surface area contributed by atoms with Gasteiger partial charge in [0.25, 0.3) is 0 Å². The molecule has 21 heavy (non-hydrogen) atoms. The van der Waals surface area contributed by atoms with E-state index in [1.807, 2.05) is 25.1 Å². The summed E-state index contributed by atoms with van der Waals surface area (Å²) >= 11 is 0. The van der Waals surface area contributed by atoms with Gasteiger partial charge in [-0.05, 0) is 19.1 Å². The summed E-state index contributed by atoms with van der Waals surface area (Å²) in [6.07, 6.45) is 3.38. The summed E-state index contributed by atoms with van der Waals surface area (Å²) in [6, 6.07) is 8.70. The van der Waals surface area contributed by atoms with Crippen LogP contribution in [0.25, 0.3) is 0 Å². The fourth-order valence-electron chi connectivity index (χ4n) is 3.65. The molecule has 0 spiro atoms. The van der Waals surface area contributed by atoms with Crippen molar-refractivity contribution in [1.29, 1.82) is 5.26 Å². The van der Waals surface area contributed by atoms with Crippen LogP contribution in [0.1, 0.15) is 12.5 Å². The molecule has 3 aliphatic rings. The van der Waals surface area contributed by atoms with Gasteiger partial charge in [0.2, 0.25) is 11.8 Å². The molecule has 0 aromatic heterocycles. The normalized spacial score (nSPS) is 36.2. The second kappa shape index (κ2) is 3.80. The van der Waals surface area contributed by atoms with E-state index in [-0.39, 0.29) is 17.9 Å². The standard InChI is InChI=1S/C16H12N2O3/c1-16-7-6-11(21-16)12-13(16)15(20)18(14(12)19)10-5-3-2-4-9(10)8-17/h2-7,11-13H,1H3/t11-,12-,13+,16+/m0/s1. The molecule has 2 amide bonds. The Kier molecular flexibility index (Phi) is 2.23. The van der Waals surface area contributed by atoms with Gasteiger partial charge in [-0.3, -0.25) is 9.59 Å². The highest BCUT2D eigenvalue weighted by Crippen LogP contribution is 2.52. The molecule has 0 radical (unpaired) electrons. The van der Waals surface area contributed by atoms with Crippen LogP contribution in [-0.2, 0) is 14.3 Å². The lowest BCUT2D eigenvalue weighted by atomic mass is 9.78. The second-order valence-corrected chi connectivity index (χ2v) is 5.77. The molecular weight excluding hydrogens is 268 g/mol. The minimum absolute atomic E-state index is 0.272. The van der Waals surface area contributed by atoms with Crippen LogP contribution in [0.4, 0.5) is 5.69 Å². The Balaban J connectivity index is 1.83. The van der Waals surface area contributed by atoms with Crippen molar-refractivity contribution < 1.29 is 14.3 Å². The predicted molar refractivity (Wildman–Crippen MR) is 73.0 cm³/mol. The van der Waals surface area contributed by atoms with Crippen LogP contribution in [0.15, 0.2) is 36.4 Å². The third-order valence-electron chi connectivity index (χ3n) is 4.59. The number of hydrogen-bond donors (Lipinski definition) is 0. The number of para-hydroxylation sites is 1. The van der Waals surface area contributed by atoms with E-state index in [1.165, 1.54) is 0 Å². The second-order valence-electron chi connectivity index (χ2n) is 5.77. The molecule has 4 rings (SSSR count). The maximum Gasteiger partial charge on any atom is 0.241 e. The van der Waals surface area contributed by atoms with Gasteiger partial charge >= 0.3 is 0 Å². The largest absolute Gasteiger partial charge is 0.362 e. The number of nitriles is 1. The fraction of sp³-hybridized carbons (Fsp3) is 0.312. The quantitative estimate of drug-likeness (QED) is 0.576. The number of nitrogens with zero attached hydrogens (tertiary/aromatic N) is 2. The third kappa shape index (κ3) is 1.38. The molecule has 0 N–H and O–H groups in total. The number of amides is 2. The number of hydrogen-bond acceptors (Lipinski definition) is 4. The van der Waals surface area contributed by atoms with E-state index in [4.69, 9.17) is 4.74 Å². The highest BCUT2D eigenvalue weighted by Gasteiger charge is 2.66. The molecule has 0 aliphatic carbocycles. The van der Waals surface area contributed by atoms with Crippen molar-refractivity contribution in [3.8, 4) is 6.07 Å². The number of fused-ring (bicyclic) bond motifs is 5. The molecule has 0 saturated carbocycles. The van der Waals surface area contributed by atoms with E-state index in [1.54, 1.807) is 24.3 Å². The highest BCUT2D eigenvalue weighted by atomic mass is 16.5. The first-order valence-electron chi connectivity index (χ1n) is 6.81. The zero-order valence-electron chi connectivity index (χ0n) is 11.3. The van der Waals surface area contributed by atoms with E-state index in [0.29, 0.717) is 11.3 Å². The molecule has 2 fully saturated rings. The van der Waals surface area contributed by atoms with Crippen LogP contribution in [-0.4, -0.2) is 23.5 Å². The molecule has 4 atom stereocenters. The van der Waals surface area contributed by atoms with Gasteiger partial charge in [-0.1, -0.05) is 24.3 Å². The number of carbonyl (C=O) groups is 2. The minimum Gasteiger partial charge on any atom is -0.362 e. The summed E-state index contributed by atoms with van der Waals surface area (Å²) in [5, 5.41) is 9.18. The van der Waals surface area contributed by atoms with Gasteiger partial charge < -0.3 is 4.74 Å². The summed E-state index contributed by atoms with van der Waals surface area (Å²) in [6.45, 7) is 1.83. The number of imide groups is 1. The van der Waals surface area contributed by atoms with E-state index in [2.05, 4.69) is 0 Å². The molecule has 5 nitrogen and oxygen atoms in total. The lowest BCUT2D eigenvalue weighted by Gasteiger charge is -2.24. The van der Waals surface area contributed by atoms with Gasteiger partial charge in [0.15, 0.2) is 0 Å². The first-order valence-corrected chi connectivity index (χ1v) is 6.81. The van der Waals surface area contributed by atoms with E-state index in [9.17, 15) is 14.9 Å². The van der Waals surface area contributed by atoms with Crippen LogP contribution >= 0.6 is 0 Å². The van der Waals surface area contributed by atoms with Gasteiger partial charge in [0.1, 0.15) is 6.07 Å². The third-order valence-corrected chi connectivity index (χ3v) is 4.59. The number of carbonyl (C=O) groups excluding carboxylic acids is 2. The van der Waals surface area contributed by atoms with E-state index in [0.717, 1.165) is 4.90 Å². The Bertz CT molecular complexity index is 748. The van der Waals surface area contributed by atoms with Crippen molar-refractivity contribution >= 4 is 17.5 Å². The Hall–Kier alpha value is -2.45. The topological polar surface area (TPSA) is 70.4 Å². The minimum atomic E-state index is -0.710. The van der Waals surface area contributed by atoms with Crippen LogP contribution in [0.5, 0.6) is 0 Å². The fourth-order valence-corrected chi connectivity index (χ4v) is 3.65. The van der Waals surface area contributed by atoms with Crippen molar-refractivity contribution in [2.24, 2.45) is 11.8 Å². The molecule has 104 valence electrons. The molecule has 5 heteroatoms. The summed E-state index contributed by atoms with van der Waals surface area (Å²) in [5.74, 6) is -1.51. The average Bonchev–Trinajstić information content (AvgIpc) is 3.08. The molecule has 1 aromatic carbocycles. The summed E-state index contributed by atoms with van der Waals surface area (Å²) < 4.78 is 5.76. The predicted octanol–water partition coefficient (Wildman–Crippen LogP) is 1.39. The van der Waals surface area contributed by atoms with E-state index < -0.39 is 17.4 Å². The lowest BCUT2D eigenvalue weighted by molar-refractivity contribution is -0.126. The summed E-state index contributed by atoms with van der Waals surface area (Å²) in [7, 11) is 0. The van der Waals surface area contributed by atoms with Gasteiger partial charge in [-0.15, -0.1) is 0 Å². The molecule has 3 heterocycles. The molecule has 2 bridgehead atoms. The monoisotopic (exact) mass is 280 g/mol. The van der Waals surface area contributed by atoms with Gasteiger partial charge in [0, 0.05) is 0 Å². The van der Waals surface area contributed by atoms with Crippen LogP contribution in [0, 0.1) is 23.2 Å².